The molecule has 2 aromatic carbocycles. The van der Waals surface area contributed by atoms with Crippen molar-refractivity contribution < 1.29 is 8.81 Å². The standard InChI is InChI=1S/C19H17ClFNO.ClH/c20-15-7-5-14(6-8-15)11-12-22-13-16-9-10-19(23-16)17-3-1-2-4-18(17)21;/h1-10,22H,11-13H2;1H. The van der Waals surface area contributed by atoms with Gasteiger partial charge in [0.25, 0.3) is 0 Å². The van der Waals surface area contributed by atoms with Crippen LogP contribution in [0.1, 0.15) is 11.3 Å². The summed E-state index contributed by atoms with van der Waals surface area (Å²) in [4.78, 5) is 0. The summed E-state index contributed by atoms with van der Waals surface area (Å²) in [6, 6.07) is 18.1. The van der Waals surface area contributed by atoms with Crippen molar-refractivity contribution in [2.75, 3.05) is 6.54 Å². The highest BCUT2D eigenvalue weighted by Crippen LogP contribution is 2.24. The van der Waals surface area contributed by atoms with E-state index in [1.165, 1.54) is 11.6 Å². The first-order valence-electron chi connectivity index (χ1n) is 7.51. The maximum Gasteiger partial charge on any atom is 0.137 e. The van der Waals surface area contributed by atoms with Gasteiger partial charge in [-0.2, -0.15) is 0 Å². The molecule has 0 amide bonds. The molecular formula is C19H18Cl2FNO. The molecule has 5 heteroatoms. The van der Waals surface area contributed by atoms with Crippen LogP contribution in [0.2, 0.25) is 5.02 Å². The Kier molecular flexibility index (Phi) is 6.85. The molecule has 0 radical (unpaired) electrons. The first-order chi connectivity index (χ1) is 11.2. The topological polar surface area (TPSA) is 25.2 Å². The van der Waals surface area contributed by atoms with Gasteiger partial charge in [-0.1, -0.05) is 35.9 Å². The predicted octanol–water partition coefficient (Wildman–Crippen LogP) is 5.49. The maximum atomic E-state index is 13.7. The Bertz CT molecular complexity index is 771. The van der Waals surface area contributed by atoms with Crippen molar-refractivity contribution in [2.24, 2.45) is 0 Å². The van der Waals surface area contributed by atoms with Gasteiger partial charge in [0.1, 0.15) is 17.3 Å². The molecule has 0 atom stereocenters. The second kappa shape index (κ2) is 8.88. The first kappa shape index (κ1) is 18.5. The van der Waals surface area contributed by atoms with Gasteiger partial charge in [-0.05, 0) is 54.9 Å². The second-order valence-electron chi connectivity index (χ2n) is 5.30. The minimum atomic E-state index is -0.274. The summed E-state index contributed by atoms with van der Waals surface area (Å²) in [6.07, 6.45) is 0.915. The van der Waals surface area contributed by atoms with E-state index in [2.05, 4.69) is 5.32 Å². The van der Waals surface area contributed by atoms with E-state index >= 15 is 0 Å². The number of halogens is 3. The Morgan fingerprint density at radius 2 is 1.71 bits per heavy atom. The molecule has 0 saturated carbocycles. The predicted molar refractivity (Wildman–Crippen MR) is 98.2 cm³/mol. The van der Waals surface area contributed by atoms with Gasteiger partial charge in [0.05, 0.1) is 12.1 Å². The summed E-state index contributed by atoms with van der Waals surface area (Å²) in [5, 5.41) is 4.07. The molecule has 0 bridgehead atoms. The first-order valence-corrected chi connectivity index (χ1v) is 7.89. The zero-order chi connectivity index (χ0) is 16.1. The highest BCUT2D eigenvalue weighted by atomic mass is 35.5. The van der Waals surface area contributed by atoms with Crippen LogP contribution in [0.25, 0.3) is 11.3 Å². The van der Waals surface area contributed by atoms with E-state index in [1.54, 1.807) is 24.3 Å². The van der Waals surface area contributed by atoms with Crippen molar-refractivity contribution in [2.45, 2.75) is 13.0 Å². The monoisotopic (exact) mass is 365 g/mol. The van der Waals surface area contributed by atoms with Crippen LogP contribution in [0, 0.1) is 5.82 Å². The lowest BCUT2D eigenvalue weighted by Crippen LogP contribution is -2.16. The second-order valence-corrected chi connectivity index (χ2v) is 5.74. The van der Waals surface area contributed by atoms with Crippen molar-refractivity contribution in [3.05, 3.63) is 82.8 Å². The Morgan fingerprint density at radius 3 is 2.46 bits per heavy atom. The molecule has 0 fully saturated rings. The van der Waals surface area contributed by atoms with Crippen molar-refractivity contribution in [1.82, 2.24) is 5.32 Å². The normalized spacial score (nSPS) is 10.4. The Hall–Kier alpha value is -1.81. The van der Waals surface area contributed by atoms with Crippen molar-refractivity contribution in [3.8, 4) is 11.3 Å². The third kappa shape index (κ3) is 4.84. The zero-order valence-corrected chi connectivity index (χ0v) is 14.5. The van der Waals surface area contributed by atoms with E-state index in [0.29, 0.717) is 17.9 Å². The quantitative estimate of drug-likeness (QED) is 0.584. The lowest BCUT2D eigenvalue weighted by molar-refractivity contribution is 0.491. The van der Waals surface area contributed by atoms with Crippen LogP contribution in [0.15, 0.2) is 65.1 Å². The smallest absolute Gasteiger partial charge is 0.137 e. The molecule has 1 N–H and O–H groups in total. The minimum absolute atomic E-state index is 0. The Balaban J connectivity index is 0.00000208. The fourth-order valence-electron chi connectivity index (χ4n) is 2.37. The van der Waals surface area contributed by atoms with E-state index in [0.717, 1.165) is 23.7 Å². The lowest BCUT2D eigenvalue weighted by atomic mass is 10.1. The molecule has 1 aromatic heterocycles. The third-order valence-electron chi connectivity index (χ3n) is 3.60. The summed E-state index contributed by atoms with van der Waals surface area (Å²) in [6.45, 7) is 1.44. The zero-order valence-electron chi connectivity index (χ0n) is 13.0. The van der Waals surface area contributed by atoms with Gasteiger partial charge in [0.2, 0.25) is 0 Å². The van der Waals surface area contributed by atoms with Gasteiger partial charge in [-0.25, -0.2) is 4.39 Å². The molecule has 3 rings (SSSR count). The third-order valence-corrected chi connectivity index (χ3v) is 3.86. The average Bonchev–Trinajstić information content (AvgIpc) is 3.02. The van der Waals surface area contributed by atoms with Crippen molar-refractivity contribution >= 4 is 24.0 Å². The number of rotatable bonds is 6. The van der Waals surface area contributed by atoms with Crippen LogP contribution in [0.3, 0.4) is 0 Å². The molecule has 2 nitrogen and oxygen atoms in total. The van der Waals surface area contributed by atoms with Crippen LogP contribution in [-0.4, -0.2) is 6.54 Å². The number of benzene rings is 2. The molecule has 0 unspecified atom stereocenters. The number of furan rings is 1. The van der Waals surface area contributed by atoms with Crippen LogP contribution >= 0.6 is 24.0 Å². The van der Waals surface area contributed by atoms with E-state index in [9.17, 15) is 4.39 Å². The summed E-state index contributed by atoms with van der Waals surface area (Å²) in [7, 11) is 0. The summed E-state index contributed by atoms with van der Waals surface area (Å²) in [5.74, 6) is 1.07. The fourth-order valence-corrected chi connectivity index (χ4v) is 2.50. The Labute approximate surface area is 152 Å². The van der Waals surface area contributed by atoms with Gasteiger partial charge in [-0.3, -0.25) is 0 Å². The SMILES string of the molecule is Cl.Fc1ccccc1-c1ccc(CNCCc2ccc(Cl)cc2)o1. The maximum absolute atomic E-state index is 13.7. The van der Waals surface area contributed by atoms with Crippen LogP contribution < -0.4 is 5.32 Å². The van der Waals surface area contributed by atoms with E-state index in [4.69, 9.17) is 16.0 Å². The molecular weight excluding hydrogens is 348 g/mol. The average molecular weight is 366 g/mol. The van der Waals surface area contributed by atoms with Crippen LogP contribution in [0.5, 0.6) is 0 Å². The van der Waals surface area contributed by atoms with Crippen LogP contribution in [0.4, 0.5) is 4.39 Å². The molecule has 3 aromatic rings. The largest absolute Gasteiger partial charge is 0.460 e. The molecule has 0 aliphatic heterocycles. The summed E-state index contributed by atoms with van der Waals surface area (Å²) in [5.41, 5.74) is 1.72. The Morgan fingerprint density at radius 1 is 0.958 bits per heavy atom. The lowest BCUT2D eigenvalue weighted by Gasteiger charge is -2.04. The number of nitrogens with one attached hydrogen (secondary N) is 1. The fraction of sp³-hybridized carbons (Fsp3) is 0.158. The molecule has 0 aliphatic carbocycles. The van der Waals surface area contributed by atoms with Crippen molar-refractivity contribution in [3.63, 3.8) is 0 Å². The van der Waals surface area contributed by atoms with Gasteiger partial charge in [0.15, 0.2) is 0 Å². The molecule has 126 valence electrons. The van der Waals surface area contributed by atoms with E-state index in [-0.39, 0.29) is 18.2 Å². The van der Waals surface area contributed by atoms with Gasteiger partial charge < -0.3 is 9.73 Å². The summed E-state index contributed by atoms with van der Waals surface area (Å²) >= 11 is 5.86. The van der Waals surface area contributed by atoms with Gasteiger partial charge in [-0.15, -0.1) is 12.4 Å². The van der Waals surface area contributed by atoms with Gasteiger partial charge in [0, 0.05) is 5.02 Å². The number of hydrogen-bond donors (Lipinski definition) is 1. The van der Waals surface area contributed by atoms with Crippen LogP contribution in [-0.2, 0) is 13.0 Å². The molecule has 1 heterocycles. The summed E-state index contributed by atoms with van der Waals surface area (Å²) < 4.78 is 19.4. The molecule has 0 aliphatic rings. The molecule has 0 spiro atoms. The highest BCUT2D eigenvalue weighted by molar-refractivity contribution is 6.30. The number of hydrogen-bond acceptors (Lipinski definition) is 2. The minimum Gasteiger partial charge on any atom is -0.460 e. The molecule has 24 heavy (non-hydrogen) atoms. The van der Waals surface area contributed by atoms with E-state index < -0.39 is 0 Å². The van der Waals surface area contributed by atoms with Crippen molar-refractivity contribution in [1.29, 1.82) is 0 Å². The van der Waals surface area contributed by atoms with Gasteiger partial charge >= 0.3 is 0 Å². The molecule has 0 saturated heterocycles. The van der Waals surface area contributed by atoms with E-state index in [1.807, 2.05) is 30.3 Å². The highest BCUT2D eigenvalue weighted by Gasteiger charge is 2.08.